The number of nitrogens with two attached hydrogens (primary N) is 1. The standard InChI is InChI=1S/C14H11Cl3N2O3S/c15-10-3-1-9(12(17)6-10)7-19-14(20)8-2-4-11(16)13(5-8)23(18,21)22/h1-6H,7H2,(H,19,20)(H2,18,21,22). The van der Waals surface area contributed by atoms with E-state index < -0.39 is 15.9 Å². The minimum Gasteiger partial charge on any atom is -0.348 e. The predicted molar refractivity (Wildman–Crippen MR) is 90.5 cm³/mol. The molecule has 0 atom stereocenters. The number of carbonyl (C=O) groups is 1. The fourth-order valence-electron chi connectivity index (χ4n) is 1.81. The summed E-state index contributed by atoms with van der Waals surface area (Å²) in [5.74, 6) is -0.488. The highest BCUT2D eigenvalue weighted by atomic mass is 35.5. The minimum atomic E-state index is -4.02. The van der Waals surface area contributed by atoms with Gasteiger partial charge < -0.3 is 5.32 Å². The van der Waals surface area contributed by atoms with Crippen molar-refractivity contribution >= 4 is 50.7 Å². The van der Waals surface area contributed by atoms with Gasteiger partial charge in [0.25, 0.3) is 5.91 Å². The highest BCUT2D eigenvalue weighted by molar-refractivity contribution is 7.89. The first-order valence-electron chi connectivity index (χ1n) is 6.23. The molecule has 2 aromatic carbocycles. The third-order valence-corrected chi connectivity index (χ3v) is 4.93. The molecule has 122 valence electrons. The third kappa shape index (κ3) is 4.59. The first-order chi connectivity index (χ1) is 10.7. The lowest BCUT2D eigenvalue weighted by Gasteiger charge is -2.09. The molecule has 0 spiro atoms. The highest BCUT2D eigenvalue weighted by Gasteiger charge is 2.16. The molecule has 9 heteroatoms. The van der Waals surface area contributed by atoms with Gasteiger partial charge in [0.05, 0.1) is 5.02 Å². The number of benzene rings is 2. The molecule has 0 saturated heterocycles. The molecule has 0 radical (unpaired) electrons. The largest absolute Gasteiger partial charge is 0.348 e. The molecule has 0 aliphatic rings. The van der Waals surface area contributed by atoms with Gasteiger partial charge >= 0.3 is 0 Å². The van der Waals surface area contributed by atoms with Crippen molar-refractivity contribution in [2.24, 2.45) is 5.14 Å². The number of sulfonamides is 1. The summed E-state index contributed by atoms with van der Waals surface area (Å²) in [4.78, 5) is 11.8. The molecule has 0 unspecified atom stereocenters. The van der Waals surface area contributed by atoms with Gasteiger partial charge in [0.1, 0.15) is 4.90 Å². The maximum absolute atomic E-state index is 12.1. The van der Waals surface area contributed by atoms with Crippen LogP contribution in [0.3, 0.4) is 0 Å². The van der Waals surface area contributed by atoms with Crippen LogP contribution in [0.25, 0.3) is 0 Å². The number of hydrogen-bond donors (Lipinski definition) is 2. The maximum Gasteiger partial charge on any atom is 0.251 e. The van der Waals surface area contributed by atoms with E-state index in [2.05, 4.69) is 5.32 Å². The number of halogens is 3. The van der Waals surface area contributed by atoms with E-state index in [4.69, 9.17) is 39.9 Å². The molecule has 0 aliphatic carbocycles. The average Bonchev–Trinajstić information content (AvgIpc) is 2.45. The lowest BCUT2D eigenvalue weighted by atomic mass is 10.2. The zero-order chi connectivity index (χ0) is 17.2. The summed E-state index contributed by atoms with van der Waals surface area (Å²) in [6.07, 6.45) is 0. The second kappa shape index (κ2) is 7.07. The summed E-state index contributed by atoms with van der Waals surface area (Å²) >= 11 is 17.6. The van der Waals surface area contributed by atoms with Crippen molar-refractivity contribution in [2.75, 3.05) is 0 Å². The van der Waals surface area contributed by atoms with Gasteiger partial charge in [-0.15, -0.1) is 0 Å². The lowest BCUT2D eigenvalue weighted by molar-refractivity contribution is 0.0950. The lowest BCUT2D eigenvalue weighted by Crippen LogP contribution is -2.23. The van der Waals surface area contributed by atoms with Crippen LogP contribution in [0, 0.1) is 0 Å². The molecule has 0 aromatic heterocycles. The molecule has 3 N–H and O–H groups in total. The Morgan fingerprint density at radius 1 is 1.04 bits per heavy atom. The Bertz CT molecular complexity index is 870. The minimum absolute atomic E-state index is 0.0511. The number of carbonyl (C=O) groups excluding carboxylic acids is 1. The number of primary sulfonamides is 1. The van der Waals surface area contributed by atoms with Crippen LogP contribution in [0.4, 0.5) is 0 Å². The monoisotopic (exact) mass is 392 g/mol. The van der Waals surface area contributed by atoms with Gasteiger partial charge in [-0.1, -0.05) is 40.9 Å². The van der Waals surface area contributed by atoms with E-state index in [-0.39, 0.29) is 22.0 Å². The average molecular weight is 394 g/mol. The number of nitrogens with one attached hydrogen (secondary N) is 1. The first kappa shape index (κ1) is 18.0. The Morgan fingerprint density at radius 2 is 1.74 bits per heavy atom. The molecule has 0 bridgehead atoms. The van der Waals surface area contributed by atoms with Crippen LogP contribution in [-0.4, -0.2) is 14.3 Å². The molecule has 23 heavy (non-hydrogen) atoms. The number of rotatable bonds is 4. The summed E-state index contributed by atoms with van der Waals surface area (Å²) in [7, 11) is -4.02. The van der Waals surface area contributed by atoms with Gasteiger partial charge in [-0.25, -0.2) is 13.6 Å². The summed E-state index contributed by atoms with van der Waals surface area (Å²) in [6, 6.07) is 8.71. The van der Waals surface area contributed by atoms with E-state index in [1.807, 2.05) is 0 Å². The van der Waals surface area contributed by atoms with E-state index in [0.717, 1.165) is 6.07 Å². The Balaban J connectivity index is 2.18. The van der Waals surface area contributed by atoms with Gasteiger partial charge in [-0.05, 0) is 35.9 Å². The van der Waals surface area contributed by atoms with Crippen molar-refractivity contribution in [3.63, 3.8) is 0 Å². The second-order valence-electron chi connectivity index (χ2n) is 4.61. The Labute approximate surface area is 148 Å². The fourth-order valence-corrected chi connectivity index (χ4v) is 3.35. The third-order valence-electron chi connectivity index (χ3n) is 2.95. The Morgan fingerprint density at radius 3 is 2.35 bits per heavy atom. The summed E-state index contributed by atoms with van der Waals surface area (Å²) in [5, 5.41) is 8.53. The number of hydrogen-bond acceptors (Lipinski definition) is 3. The molecule has 0 saturated carbocycles. The van der Waals surface area contributed by atoms with Crippen LogP contribution < -0.4 is 10.5 Å². The van der Waals surface area contributed by atoms with Crippen LogP contribution in [0.2, 0.25) is 15.1 Å². The van der Waals surface area contributed by atoms with E-state index in [1.54, 1.807) is 18.2 Å². The SMILES string of the molecule is NS(=O)(=O)c1cc(C(=O)NCc2ccc(Cl)cc2Cl)ccc1Cl. The molecular weight excluding hydrogens is 383 g/mol. The molecule has 2 aromatic rings. The summed E-state index contributed by atoms with van der Waals surface area (Å²) in [5.41, 5.74) is 0.786. The van der Waals surface area contributed by atoms with Crippen molar-refractivity contribution in [1.29, 1.82) is 0 Å². The predicted octanol–water partition coefficient (Wildman–Crippen LogP) is 3.22. The van der Waals surface area contributed by atoms with Gasteiger partial charge in [-0.2, -0.15) is 0 Å². The molecule has 2 rings (SSSR count). The van der Waals surface area contributed by atoms with Crippen molar-refractivity contribution in [3.05, 3.63) is 62.6 Å². The second-order valence-corrected chi connectivity index (χ2v) is 7.39. The van der Waals surface area contributed by atoms with E-state index in [9.17, 15) is 13.2 Å². The van der Waals surface area contributed by atoms with Crippen molar-refractivity contribution < 1.29 is 13.2 Å². The van der Waals surface area contributed by atoms with Crippen LogP contribution in [0.1, 0.15) is 15.9 Å². The van der Waals surface area contributed by atoms with Crippen molar-refractivity contribution in [3.8, 4) is 0 Å². The smallest absolute Gasteiger partial charge is 0.251 e. The van der Waals surface area contributed by atoms with Crippen molar-refractivity contribution in [2.45, 2.75) is 11.4 Å². The van der Waals surface area contributed by atoms with Gasteiger partial charge in [0.2, 0.25) is 10.0 Å². The van der Waals surface area contributed by atoms with Gasteiger partial charge in [0, 0.05) is 22.2 Å². The quantitative estimate of drug-likeness (QED) is 0.835. The molecule has 1 amide bonds. The highest BCUT2D eigenvalue weighted by Crippen LogP contribution is 2.22. The topological polar surface area (TPSA) is 89.3 Å². The zero-order valence-electron chi connectivity index (χ0n) is 11.5. The van der Waals surface area contributed by atoms with Crippen LogP contribution >= 0.6 is 34.8 Å². The molecule has 0 fully saturated rings. The molecule has 5 nitrogen and oxygen atoms in total. The van der Waals surface area contributed by atoms with E-state index in [1.165, 1.54) is 12.1 Å². The van der Waals surface area contributed by atoms with E-state index >= 15 is 0 Å². The van der Waals surface area contributed by atoms with Gasteiger partial charge in [-0.3, -0.25) is 4.79 Å². The molecule has 0 aliphatic heterocycles. The summed E-state index contributed by atoms with van der Waals surface area (Å²) < 4.78 is 22.8. The van der Waals surface area contributed by atoms with Crippen molar-refractivity contribution in [1.82, 2.24) is 5.32 Å². The molecular formula is C14H11Cl3N2O3S. The fraction of sp³-hybridized carbons (Fsp3) is 0.0714. The van der Waals surface area contributed by atoms with Crippen LogP contribution in [0.5, 0.6) is 0 Å². The number of amides is 1. The zero-order valence-corrected chi connectivity index (χ0v) is 14.6. The Kier molecular flexibility index (Phi) is 5.54. The maximum atomic E-state index is 12.1. The molecule has 0 heterocycles. The van der Waals surface area contributed by atoms with Gasteiger partial charge in [0.15, 0.2) is 0 Å². The Hall–Kier alpha value is -1.31. The van der Waals surface area contributed by atoms with Crippen LogP contribution in [0.15, 0.2) is 41.3 Å². The van der Waals surface area contributed by atoms with E-state index in [0.29, 0.717) is 15.6 Å². The van der Waals surface area contributed by atoms with Crippen LogP contribution in [-0.2, 0) is 16.6 Å². The first-order valence-corrected chi connectivity index (χ1v) is 8.91. The normalized spacial score (nSPS) is 11.3. The summed E-state index contributed by atoms with van der Waals surface area (Å²) in [6.45, 7) is 0.155.